The maximum atomic E-state index is 11.6. The summed E-state index contributed by atoms with van der Waals surface area (Å²) in [7, 11) is 0. The second kappa shape index (κ2) is 5.03. The number of carbonyl (C=O) groups is 1. The van der Waals surface area contributed by atoms with Gasteiger partial charge >= 0.3 is 5.97 Å². The largest absolute Gasteiger partial charge is 0.480 e. The molecular weight excluding hydrogens is 246 g/mol. The molecule has 1 aromatic rings. The third kappa shape index (κ3) is 3.13. The molecule has 0 radical (unpaired) electrons. The van der Waals surface area contributed by atoms with E-state index in [2.05, 4.69) is 15.3 Å². The molecule has 1 unspecified atom stereocenters. The van der Waals surface area contributed by atoms with Crippen molar-refractivity contribution < 1.29 is 9.90 Å². The van der Waals surface area contributed by atoms with E-state index >= 15 is 0 Å². The standard InChI is InChI=1S/C13H19N3O3/c1-3-6-13(2,12(18)19)16-9-7-10(17)15-11(14-9)8-4-5-8/h7-8H,3-6H2,1-2H3,(H,18,19)(H2,14,15,16,17). The summed E-state index contributed by atoms with van der Waals surface area (Å²) in [4.78, 5) is 29.9. The number of H-pyrrole nitrogens is 1. The van der Waals surface area contributed by atoms with Crippen molar-refractivity contribution in [2.75, 3.05) is 5.32 Å². The first-order chi connectivity index (χ1) is 8.94. The van der Waals surface area contributed by atoms with Gasteiger partial charge in [0, 0.05) is 12.0 Å². The van der Waals surface area contributed by atoms with Crippen LogP contribution < -0.4 is 10.9 Å². The van der Waals surface area contributed by atoms with Crippen LogP contribution in [0.4, 0.5) is 5.82 Å². The number of anilines is 1. The molecule has 0 spiro atoms. The van der Waals surface area contributed by atoms with E-state index in [0.29, 0.717) is 24.0 Å². The van der Waals surface area contributed by atoms with E-state index in [1.54, 1.807) is 6.92 Å². The van der Waals surface area contributed by atoms with Crippen LogP contribution in [0.3, 0.4) is 0 Å². The first-order valence-corrected chi connectivity index (χ1v) is 6.57. The number of carboxylic acid groups (broad SMARTS) is 1. The fraction of sp³-hybridized carbons (Fsp3) is 0.615. The Hall–Kier alpha value is -1.85. The molecule has 1 fully saturated rings. The summed E-state index contributed by atoms with van der Waals surface area (Å²) < 4.78 is 0. The fourth-order valence-electron chi connectivity index (χ4n) is 2.10. The molecule has 19 heavy (non-hydrogen) atoms. The molecule has 0 amide bonds. The maximum Gasteiger partial charge on any atom is 0.329 e. The number of carboxylic acids is 1. The third-order valence-corrected chi connectivity index (χ3v) is 3.35. The topological polar surface area (TPSA) is 95.1 Å². The van der Waals surface area contributed by atoms with Gasteiger partial charge < -0.3 is 15.4 Å². The summed E-state index contributed by atoms with van der Waals surface area (Å²) >= 11 is 0. The van der Waals surface area contributed by atoms with Crippen molar-refractivity contribution in [3.8, 4) is 0 Å². The second-order valence-corrected chi connectivity index (χ2v) is 5.30. The van der Waals surface area contributed by atoms with Gasteiger partial charge in [-0.25, -0.2) is 9.78 Å². The van der Waals surface area contributed by atoms with Crippen LogP contribution in [0.2, 0.25) is 0 Å². The Morgan fingerprint density at radius 3 is 2.84 bits per heavy atom. The Labute approximate surface area is 111 Å². The van der Waals surface area contributed by atoms with Gasteiger partial charge in [-0.2, -0.15) is 0 Å². The van der Waals surface area contributed by atoms with Crippen molar-refractivity contribution in [1.82, 2.24) is 9.97 Å². The second-order valence-electron chi connectivity index (χ2n) is 5.30. The molecule has 0 aliphatic heterocycles. The predicted molar refractivity (Wildman–Crippen MR) is 71.4 cm³/mol. The molecule has 1 atom stereocenters. The van der Waals surface area contributed by atoms with E-state index < -0.39 is 11.5 Å². The summed E-state index contributed by atoms with van der Waals surface area (Å²) in [6.07, 6.45) is 3.25. The van der Waals surface area contributed by atoms with Crippen molar-refractivity contribution in [3.63, 3.8) is 0 Å². The van der Waals surface area contributed by atoms with Gasteiger partial charge in [0.15, 0.2) is 0 Å². The fourth-order valence-corrected chi connectivity index (χ4v) is 2.10. The Bertz CT molecular complexity index is 536. The molecule has 1 heterocycles. The minimum absolute atomic E-state index is 0.247. The van der Waals surface area contributed by atoms with Crippen molar-refractivity contribution in [2.24, 2.45) is 0 Å². The lowest BCUT2D eigenvalue weighted by molar-refractivity contribution is -0.142. The zero-order chi connectivity index (χ0) is 14.0. The molecule has 3 N–H and O–H groups in total. The molecule has 6 nitrogen and oxygen atoms in total. The SMILES string of the molecule is CCCC(C)(Nc1cc(=O)[nH]c(C2CC2)n1)C(=O)O. The number of nitrogens with zero attached hydrogens (tertiary/aromatic N) is 1. The predicted octanol–water partition coefficient (Wildman–Crippen LogP) is 1.70. The zero-order valence-electron chi connectivity index (χ0n) is 11.2. The summed E-state index contributed by atoms with van der Waals surface area (Å²) in [5.41, 5.74) is -1.35. The van der Waals surface area contributed by atoms with Gasteiger partial charge in [-0.1, -0.05) is 13.3 Å². The summed E-state index contributed by atoms with van der Waals surface area (Å²) in [5.74, 6) is 0.365. The Balaban J connectivity index is 2.26. The van der Waals surface area contributed by atoms with Crippen LogP contribution in [-0.4, -0.2) is 26.6 Å². The lowest BCUT2D eigenvalue weighted by Crippen LogP contribution is -2.43. The van der Waals surface area contributed by atoms with Crippen LogP contribution >= 0.6 is 0 Å². The zero-order valence-corrected chi connectivity index (χ0v) is 11.2. The molecule has 0 saturated heterocycles. The average Bonchev–Trinajstić information content (AvgIpc) is 3.11. The number of hydrogen-bond donors (Lipinski definition) is 3. The van der Waals surface area contributed by atoms with E-state index in [9.17, 15) is 14.7 Å². The van der Waals surface area contributed by atoms with Gasteiger partial charge in [0.2, 0.25) is 0 Å². The number of nitrogens with one attached hydrogen (secondary N) is 2. The van der Waals surface area contributed by atoms with Crippen LogP contribution in [0.1, 0.15) is 51.3 Å². The Morgan fingerprint density at radius 1 is 1.63 bits per heavy atom. The smallest absolute Gasteiger partial charge is 0.329 e. The first-order valence-electron chi connectivity index (χ1n) is 6.57. The number of aliphatic carboxylic acids is 1. The minimum Gasteiger partial charge on any atom is -0.480 e. The van der Waals surface area contributed by atoms with E-state index in [4.69, 9.17) is 0 Å². The highest BCUT2D eigenvalue weighted by molar-refractivity contribution is 5.81. The maximum absolute atomic E-state index is 11.6. The highest BCUT2D eigenvalue weighted by Gasteiger charge is 2.33. The lowest BCUT2D eigenvalue weighted by atomic mass is 9.96. The number of rotatable bonds is 6. The quantitative estimate of drug-likeness (QED) is 0.727. The number of aromatic nitrogens is 2. The van der Waals surface area contributed by atoms with E-state index in [1.165, 1.54) is 6.07 Å². The van der Waals surface area contributed by atoms with Crippen molar-refractivity contribution in [3.05, 3.63) is 22.2 Å². The molecule has 2 rings (SSSR count). The van der Waals surface area contributed by atoms with Crippen molar-refractivity contribution in [2.45, 2.75) is 51.0 Å². The molecule has 1 aliphatic rings. The van der Waals surface area contributed by atoms with Gasteiger partial charge in [-0.15, -0.1) is 0 Å². The molecule has 104 valence electrons. The molecule has 0 bridgehead atoms. The molecule has 0 aromatic carbocycles. The van der Waals surface area contributed by atoms with Crippen LogP contribution in [-0.2, 0) is 4.79 Å². The first kappa shape index (κ1) is 13.6. The monoisotopic (exact) mass is 265 g/mol. The highest BCUT2D eigenvalue weighted by Crippen LogP contribution is 2.37. The van der Waals surface area contributed by atoms with E-state index in [-0.39, 0.29) is 5.56 Å². The van der Waals surface area contributed by atoms with Gasteiger partial charge in [0.1, 0.15) is 17.2 Å². The van der Waals surface area contributed by atoms with Crippen LogP contribution in [0, 0.1) is 0 Å². The van der Waals surface area contributed by atoms with Gasteiger partial charge in [0.05, 0.1) is 0 Å². The summed E-state index contributed by atoms with van der Waals surface area (Å²) in [6.45, 7) is 3.53. The van der Waals surface area contributed by atoms with E-state index in [0.717, 1.165) is 19.3 Å². The lowest BCUT2D eigenvalue weighted by Gasteiger charge is -2.26. The summed E-state index contributed by atoms with van der Waals surface area (Å²) in [6, 6.07) is 1.31. The van der Waals surface area contributed by atoms with Gasteiger partial charge in [-0.3, -0.25) is 4.79 Å². The highest BCUT2D eigenvalue weighted by atomic mass is 16.4. The van der Waals surface area contributed by atoms with Crippen molar-refractivity contribution in [1.29, 1.82) is 0 Å². The van der Waals surface area contributed by atoms with Crippen LogP contribution in [0.25, 0.3) is 0 Å². The molecule has 6 heteroatoms. The third-order valence-electron chi connectivity index (χ3n) is 3.35. The van der Waals surface area contributed by atoms with Gasteiger partial charge in [0.25, 0.3) is 5.56 Å². The van der Waals surface area contributed by atoms with Crippen molar-refractivity contribution >= 4 is 11.8 Å². The Kier molecular flexibility index (Phi) is 3.59. The number of aromatic amines is 1. The minimum atomic E-state index is -1.10. The Morgan fingerprint density at radius 2 is 2.32 bits per heavy atom. The molecular formula is C13H19N3O3. The summed E-state index contributed by atoms with van der Waals surface area (Å²) in [5, 5.41) is 12.2. The number of hydrogen-bond acceptors (Lipinski definition) is 4. The van der Waals surface area contributed by atoms with Crippen LogP contribution in [0.5, 0.6) is 0 Å². The normalized spacial score (nSPS) is 17.8. The molecule has 1 saturated carbocycles. The van der Waals surface area contributed by atoms with Crippen LogP contribution in [0.15, 0.2) is 10.9 Å². The average molecular weight is 265 g/mol. The molecule has 1 aromatic heterocycles. The van der Waals surface area contributed by atoms with E-state index in [1.807, 2.05) is 6.92 Å². The molecule has 1 aliphatic carbocycles. The van der Waals surface area contributed by atoms with Gasteiger partial charge in [-0.05, 0) is 26.2 Å².